The topological polar surface area (TPSA) is 10.8 Å². The van der Waals surface area contributed by atoms with E-state index in [0.717, 1.165) is 38.2 Å². The molecule has 1 heterocycles. The highest BCUT2D eigenvalue weighted by molar-refractivity contribution is 6.31. The number of halogens is 2. The highest BCUT2D eigenvalue weighted by atomic mass is 35.5. The first-order chi connectivity index (χ1) is 11.7. The van der Waals surface area contributed by atoms with Gasteiger partial charge in [0, 0.05) is 30.2 Å². The Morgan fingerprint density at radius 2 is 1.83 bits per heavy atom. The largest absolute Gasteiger partial charge is 0.357 e. The second kappa shape index (κ2) is 8.14. The zero-order valence-corrected chi connectivity index (χ0v) is 14.2. The van der Waals surface area contributed by atoms with E-state index < -0.39 is 0 Å². The van der Waals surface area contributed by atoms with Crippen LogP contribution in [0.15, 0.2) is 48.5 Å². The maximum absolute atomic E-state index is 13.9. The molecule has 0 atom stereocenters. The van der Waals surface area contributed by atoms with Gasteiger partial charge in [-0.05, 0) is 30.7 Å². The van der Waals surface area contributed by atoms with Gasteiger partial charge < -0.3 is 0 Å². The van der Waals surface area contributed by atoms with Crippen molar-refractivity contribution in [2.45, 2.75) is 13.0 Å². The lowest BCUT2D eigenvalue weighted by atomic mass is 10.2. The highest BCUT2D eigenvalue weighted by Gasteiger charge is 2.20. The van der Waals surface area contributed by atoms with Crippen LogP contribution in [0.3, 0.4) is 0 Å². The van der Waals surface area contributed by atoms with Crippen molar-refractivity contribution in [1.82, 2.24) is 9.91 Å². The van der Waals surface area contributed by atoms with E-state index in [4.69, 9.17) is 11.6 Å². The Hall–Kier alpha value is -2.09. The molecule has 2 aromatic carbocycles. The van der Waals surface area contributed by atoms with Crippen molar-refractivity contribution in [1.29, 1.82) is 0 Å². The molecule has 0 saturated carbocycles. The summed E-state index contributed by atoms with van der Waals surface area (Å²) in [5.74, 6) is -0.237. The lowest BCUT2D eigenvalue weighted by molar-refractivity contribution is 0.270. The first-order valence-corrected chi connectivity index (χ1v) is 8.52. The maximum Gasteiger partial charge on any atom is 0.357 e. The Kier molecular flexibility index (Phi) is 5.68. The molecule has 24 heavy (non-hydrogen) atoms. The molecule has 0 bridgehead atoms. The van der Waals surface area contributed by atoms with E-state index in [1.807, 2.05) is 35.3 Å². The average Bonchev–Trinajstić information content (AvgIpc) is 2.83. The lowest BCUT2D eigenvalue weighted by Gasteiger charge is -2.19. The molecule has 1 aliphatic rings. The number of nitrogens with zero attached hydrogens (tertiary/aromatic N) is 3. The zero-order valence-electron chi connectivity index (χ0n) is 13.5. The van der Waals surface area contributed by atoms with Crippen molar-refractivity contribution in [3.8, 4) is 6.07 Å². The molecular weight excluding hydrogens is 325 g/mol. The summed E-state index contributed by atoms with van der Waals surface area (Å²) in [7, 11) is 0. The number of benzene rings is 2. The van der Waals surface area contributed by atoms with Crippen LogP contribution in [0.4, 0.5) is 4.39 Å². The molecule has 124 valence electrons. The van der Waals surface area contributed by atoms with E-state index in [1.165, 1.54) is 6.07 Å². The Labute approximate surface area is 147 Å². The number of hydrogen-bond donors (Lipinski definition) is 0. The van der Waals surface area contributed by atoms with E-state index >= 15 is 0 Å². The monoisotopic (exact) mass is 344 g/mol. The summed E-state index contributed by atoms with van der Waals surface area (Å²) in [6.45, 7) is 3.94. The van der Waals surface area contributed by atoms with Gasteiger partial charge in [0.1, 0.15) is 17.9 Å². The molecule has 1 aliphatic heterocycles. The molecule has 0 spiro atoms. The Bertz CT molecular complexity index is 719. The molecule has 0 aromatic heterocycles. The third kappa shape index (κ3) is 4.47. The summed E-state index contributed by atoms with van der Waals surface area (Å²) in [4.78, 5) is 6.67. The van der Waals surface area contributed by atoms with Gasteiger partial charge in [0.05, 0.1) is 11.5 Å². The standard InChI is InChI=1S/C19H20ClFN3/c20-18-8-4-9-19(21)17(18)15-23-10-5-11-24(13-12-23)22-14-16-6-2-1-3-7-16/h1-4,6-9H,5,10-13,15H2/q+1. The van der Waals surface area contributed by atoms with Crippen molar-refractivity contribution >= 4 is 11.6 Å². The molecular formula is C19H20ClFN3+. The van der Waals surface area contributed by atoms with Gasteiger partial charge in [0.25, 0.3) is 0 Å². The number of rotatable bonds is 2. The fourth-order valence-corrected chi connectivity index (χ4v) is 2.99. The van der Waals surface area contributed by atoms with E-state index in [9.17, 15) is 4.39 Å². The molecule has 0 amide bonds. The predicted molar refractivity (Wildman–Crippen MR) is 95.7 cm³/mol. The molecule has 1 saturated heterocycles. The summed E-state index contributed by atoms with van der Waals surface area (Å²) in [5, 5.41) is 2.52. The molecule has 3 nitrogen and oxygen atoms in total. The second-order valence-electron chi connectivity index (χ2n) is 5.86. The quantitative estimate of drug-likeness (QED) is 0.805. The molecule has 1 fully saturated rings. The maximum atomic E-state index is 13.9. The molecule has 2 aromatic rings. The van der Waals surface area contributed by atoms with Crippen LogP contribution in [0.1, 0.15) is 17.5 Å². The van der Waals surface area contributed by atoms with Gasteiger partial charge in [-0.3, -0.25) is 4.90 Å². The third-order valence-electron chi connectivity index (χ3n) is 4.10. The van der Waals surface area contributed by atoms with Crippen molar-refractivity contribution < 1.29 is 4.39 Å². The Balaban J connectivity index is 1.60. The van der Waals surface area contributed by atoms with Crippen LogP contribution in [0.2, 0.25) is 5.02 Å². The summed E-state index contributed by atoms with van der Waals surface area (Å²) >= 11 is 6.13. The van der Waals surface area contributed by atoms with Crippen LogP contribution < -0.4 is 0 Å². The fourth-order valence-electron chi connectivity index (χ4n) is 2.76. The molecule has 0 N–H and O–H groups in total. The van der Waals surface area contributed by atoms with Crippen molar-refractivity contribution in [2.75, 3.05) is 26.2 Å². The minimum atomic E-state index is -0.237. The van der Waals surface area contributed by atoms with Crippen molar-refractivity contribution in [3.63, 3.8) is 0 Å². The molecule has 3 rings (SSSR count). The number of hydrogen-bond acceptors (Lipinski definition) is 2. The van der Waals surface area contributed by atoms with Gasteiger partial charge in [-0.1, -0.05) is 40.9 Å². The van der Waals surface area contributed by atoms with Gasteiger partial charge in [-0.15, -0.1) is 0 Å². The summed E-state index contributed by atoms with van der Waals surface area (Å²) < 4.78 is 13.9. The van der Waals surface area contributed by atoms with Crippen LogP contribution in [0.5, 0.6) is 0 Å². The first kappa shape index (κ1) is 16.8. The zero-order chi connectivity index (χ0) is 16.8. The smallest absolute Gasteiger partial charge is 0.297 e. The SMILES string of the molecule is Fc1cccc(Cl)c1CN1CCCN([N+]#Cc2ccccc2)CC1. The summed E-state index contributed by atoms with van der Waals surface area (Å²) in [5.41, 5.74) is 1.55. The molecule has 0 unspecified atom stereocenters. The normalized spacial score (nSPS) is 15.5. The van der Waals surface area contributed by atoms with Crippen LogP contribution in [0, 0.1) is 11.9 Å². The summed E-state index contributed by atoms with van der Waals surface area (Å²) in [6.07, 6.45) is 0.978. The van der Waals surface area contributed by atoms with Crippen molar-refractivity contribution in [2.24, 2.45) is 0 Å². The predicted octanol–water partition coefficient (Wildman–Crippen LogP) is 4.28. The van der Waals surface area contributed by atoms with E-state index in [1.54, 1.807) is 12.1 Å². The Morgan fingerprint density at radius 3 is 2.62 bits per heavy atom. The van der Waals surface area contributed by atoms with E-state index in [2.05, 4.69) is 15.9 Å². The molecule has 0 radical (unpaired) electrons. The lowest BCUT2D eigenvalue weighted by Crippen LogP contribution is -2.28. The van der Waals surface area contributed by atoms with E-state index in [-0.39, 0.29) is 5.82 Å². The minimum absolute atomic E-state index is 0.237. The van der Waals surface area contributed by atoms with Gasteiger partial charge >= 0.3 is 6.07 Å². The van der Waals surface area contributed by atoms with E-state index in [0.29, 0.717) is 17.1 Å². The summed E-state index contributed by atoms with van der Waals surface area (Å²) in [6, 6.07) is 17.8. The van der Waals surface area contributed by atoms with Crippen LogP contribution >= 0.6 is 11.6 Å². The highest BCUT2D eigenvalue weighted by Crippen LogP contribution is 2.21. The average molecular weight is 345 g/mol. The van der Waals surface area contributed by atoms with Crippen LogP contribution in [-0.4, -0.2) is 36.1 Å². The Morgan fingerprint density at radius 1 is 1.00 bits per heavy atom. The van der Waals surface area contributed by atoms with Crippen LogP contribution in [0.25, 0.3) is 4.95 Å². The van der Waals surface area contributed by atoms with Gasteiger partial charge in [-0.2, -0.15) is 0 Å². The van der Waals surface area contributed by atoms with Gasteiger partial charge in [0.15, 0.2) is 0 Å². The first-order valence-electron chi connectivity index (χ1n) is 8.14. The van der Waals surface area contributed by atoms with Gasteiger partial charge in [0.2, 0.25) is 0 Å². The molecule has 0 aliphatic carbocycles. The molecule has 5 heteroatoms. The second-order valence-corrected chi connectivity index (χ2v) is 6.27. The van der Waals surface area contributed by atoms with Gasteiger partial charge in [-0.25, -0.2) is 4.39 Å². The third-order valence-corrected chi connectivity index (χ3v) is 4.46. The minimum Gasteiger partial charge on any atom is -0.297 e. The van der Waals surface area contributed by atoms with Crippen molar-refractivity contribution in [3.05, 3.63) is 75.5 Å². The fraction of sp³-hybridized carbons (Fsp3) is 0.316. The van der Waals surface area contributed by atoms with Crippen LogP contribution in [-0.2, 0) is 6.54 Å².